The number of hydrogen-bond acceptors (Lipinski definition) is 5. The number of anilines is 1. The smallest absolute Gasteiger partial charge is 0.323 e. The molecule has 0 aliphatic heterocycles. The number of halogens is 1. The highest BCUT2D eigenvalue weighted by Crippen LogP contribution is 2.39. The summed E-state index contributed by atoms with van der Waals surface area (Å²) >= 11 is 6.08. The molecule has 28 heavy (non-hydrogen) atoms. The van der Waals surface area contributed by atoms with Gasteiger partial charge >= 0.3 is 11.9 Å². The van der Waals surface area contributed by atoms with E-state index in [2.05, 4.69) is 5.32 Å². The molecule has 1 aromatic rings. The van der Waals surface area contributed by atoms with E-state index in [1.54, 1.807) is 45.0 Å². The lowest BCUT2D eigenvalue weighted by molar-refractivity contribution is -0.177. The van der Waals surface area contributed by atoms with E-state index < -0.39 is 23.3 Å². The molecular weight excluding hydrogens is 382 g/mol. The second-order valence-electron chi connectivity index (χ2n) is 6.65. The highest BCUT2D eigenvalue weighted by atomic mass is 35.5. The van der Waals surface area contributed by atoms with Crippen molar-refractivity contribution in [3.8, 4) is 0 Å². The third-order valence-corrected chi connectivity index (χ3v) is 5.01. The van der Waals surface area contributed by atoms with Gasteiger partial charge in [0.2, 0.25) is 5.91 Å². The van der Waals surface area contributed by atoms with Crippen molar-refractivity contribution in [3.63, 3.8) is 0 Å². The standard InChI is InChI=1S/C21H30ClNO5/c1-5-8-13-21(19(25)27-6-2,20(26)28-7-3)15(4)14-18(24)23-17-12-10-9-11-16(17)22/h9-12,15H,5-8,13-14H2,1-4H3,(H,23,24)/t15-/m0/s1. The minimum atomic E-state index is -1.51. The van der Waals surface area contributed by atoms with Crippen molar-refractivity contribution < 1.29 is 23.9 Å². The Balaban J connectivity index is 3.11. The Labute approximate surface area is 171 Å². The average Bonchev–Trinajstić information content (AvgIpc) is 2.64. The molecule has 7 heteroatoms. The quantitative estimate of drug-likeness (QED) is 0.424. The van der Waals surface area contributed by atoms with Crippen molar-refractivity contribution in [2.75, 3.05) is 18.5 Å². The second kappa shape index (κ2) is 11.7. The van der Waals surface area contributed by atoms with E-state index in [1.165, 1.54) is 0 Å². The number of unbranched alkanes of at least 4 members (excludes halogenated alkanes) is 1. The fourth-order valence-electron chi connectivity index (χ4n) is 3.13. The molecule has 6 nitrogen and oxygen atoms in total. The summed E-state index contributed by atoms with van der Waals surface area (Å²) in [5.41, 5.74) is -1.03. The monoisotopic (exact) mass is 411 g/mol. The van der Waals surface area contributed by atoms with Gasteiger partial charge in [-0.1, -0.05) is 50.4 Å². The van der Waals surface area contributed by atoms with Gasteiger partial charge in [0.15, 0.2) is 5.41 Å². The van der Waals surface area contributed by atoms with E-state index >= 15 is 0 Å². The first kappa shape index (κ1) is 24.0. The first-order valence-corrected chi connectivity index (χ1v) is 10.1. The number of nitrogens with one attached hydrogen (secondary N) is 1. The van der Waals surface area contributed by atoms with Crippen molar-refractivity contribution in [1.29, 1.82) is 0 Å². The highest BCUT2D eigenvalue weighted by Gasteiger charge is 2.52. The van der Waals surface area contributed by atoms with E-state index in [1.807, 2.05) is 6.92 Å². The zero-order valence-electron chi connectivity index (χ0n) is 17.0. The van der Waals surface area contributed by atoms with Crippen molar-refractivity contribution in [2.45, 2.75) is 53.4 Å². The Kier molecular flexibility index (Phi) is 10.0. The molecule has 0 aliphatic rings. The maximum Gasteiger partial charge on any atom is 0.323 e. The van der Waals surface area contributed by atoms with Crippen LogP contribution in [0.25, 0.3) is 0 Å². The second-order valence-corrected chi connectivity index (χ2v) is 7.06. The lowest BCUT2D eigenvalue weighted by Gasteiger charge is -2.34. The van der Waals surface area contributed by atoms with Crippen molar-refractivity contribution in [3.05, 3.63) is 29.3 Å². The number of para-hydroxylation sites is 1. The van der Waals surface area contributed by atoms with Gasteiger partial charge in [0.25, 0.3) is 0 Å². The fourth-order valence-corrected chi connectivity index (χ4v) is 3.31. The van der Waals surface area contributed by atoms with Crippen LogP contribution in [0.1, 0.15) is 53.4 Å². The summed E-state index contributed by atoms with van der Waals surface area (Å²) in [6, 6.07) is 6.88. The topological polar surface area (TPSA) is 81.7 Å². The molecule has 1 amide bonds. The molecule has 0 spiro atoms. The molecule has 0 aliphatic carbocycles. The molecule has 1 atom stereocenters. The number of amides is 1. The summed E-state index contributed by atoms with van der Waals surface area (Å²) in [4.78, 5) is 38.3. The zero-order valence-corrected chi connectivity index (χ0v) is 17.8. The van der Waals surface area contributed by atoms with Crippen molar-refractivity contribution in [1.82, 2.24) is 0 Å². The lowest BCUT2D eigenvalue weighted by atomic mass is 9.71. The molecule has 0 saturated carbocycles. The Morgan fingerprint density at radius 3 is 2.14 bits per heavy atom. The van der Waals surface area contributed by atoms with Gasteiger partial charge in [-0.25, -0.2) is 0 Å². The third kappa shape index (κ3) is 5.96. The minimum Gasteiger partial charge on any atom is -0.465 e. The van der Waals surface area contributed by atoms with Crippen LogP contribution in [0.15, 0.2) is 24.3 Å². The van der Waals surface area contributed by atoms with E-state index in [-0.39, 0.29) is 32.0 Å². The molecule has 0 heterocycles. The molecule has 156 valence electrons. The van der Waals surface area contributed by atoms with Crippen LogP contribution < -0.4 is 5.32 Å². The van der Waals surface area contributed by atoms with E-state index in [4.69, 9.17) is 21.1 Å². The van der Waals surface area contributed by atoms with Gasteiger partial charge < -0.3 is 14.8 Å². The fraction of sp³-hybridized carbons (Fsp3) is 0.571. The zero-order chi connectivity index (χ0) is 21.2. The molecule has 1 aromatic carbocycles. The number of rotatable bonds is 11. The van der Waals surface area contributed by atoms with E-state index in [9.17, 15) is 14.4 Å². The van der Waals surface area contributed by atoms with E-state index in [0.717, 1.165) is 6.42 Å². The van der Waals surface area contributed by atoms with Gasteiger partial charge in [-0.2, -0.15) is 0 Å². The number of esters is 2. The van der Waals surface area contributed by atoms with Crippen LogP contribution in [-0.4, -0.2) is 31.1 Å². The van der Waals surface area contributed by atoms with Crippen LogP contribution in [0.3, 0.4) is 0 Å². The molecule has 0 bridgehead atoms. The maximum absolute atomic E-state index is 12.8. The number of carbonyl (C=O) groups excluding carboxylic acids is 3. The van der Waals surface area contributed by atoms with Gasteiger partial charge in [0, 0.05) is 6.42 Å². The predicted octanol–water partition coefficient (Wildman–Crippen LogP) is 4.61. The normalized spacial score (nSPS) is 12.2. The number of carbonyl (C=O) groups is 3. The molecule has 0 aromatic heterocycles. The van der Waals surface area contributed by atoms with Crippen molar-refractivity contribution in [2.24, 2.45) is 11.3 Å². The lowest BCUT2D eigenvalue weighted by Crippen LogP contribution is -2.48. The average molecular weight is 412 g/mol. The largest absolute Gasteiger partial charge is 0.465 e. The summed E-state index contributed by atoms with van der Waals surface area (Å²) in [6.45, 7) is 7.33. The minimum absolute atomic E-state index is 0.0490. The van der Waals surface area contributed by atoms with Crippen molar-refractivity contribution >= 4 is 35.1 Å². The predicted molar refractivity (Wildman–Crippen MR) is 109 cm³/mol. The first-order valence-electron chi connectivity index (χ1n) is 9.72. The molecular formula is C21H30ClNO5. The summed E-state index contributed by atoms with van der Waals surface area (Å²) in [7, 11) is 0. The third-order valence-electron chi connectivity index (χ3n) is 4.68. The molecule has 0 fully saturated rings. The summed E-state index contributed by atoms with van der Waals surface area (Å²) in [6.07, 6.45) is 1.64. The summed E-state index contributed by atoms with van der Waals surface area (Å²) < 4.78 is 10.4. The molecule has 0 radical (unpaired) electrons. The van der Waals surface area contributed by atoms with Gasteiger partial charge in [-0.05, 0) is 38.3 Å². The van der Waals surface area contributed by atoms with Gasteiger partial charge in [0.05, 0.1) is 23.9 Å². The van der Waals surface area contributed by atoms with Crippen LogP contribution >= 0.6 is 11.6 Å². The SMILES string of the molecule is CCCCC(C(=O)OCC)(C(=O)OCC)[C@@H](C)CC(=O)Nc1ccccc1Cl. The maximum atomic E-state index is 12.8. The molecule has 1 N–H and O–H groups in total. The Morgan fingerprint density at radius 2 is 1.64 bits per heavy atom. The molecule has 1 rings (SSSR count). The number of benzene rings is 1. The number of hydrogen-bond donors (Lipinski definition) is 1. The molecule has 0 saturated heterocycles. The van der Waals surface area contributed by atoms with Gasteiger partial charge in [-0.3, -0.25) is 14.4 Å². The van der Waals surface area contributed by atoms with Gasteiger partial charge in [0.1, 0.15) is 0 Å². The Bertz CT molecular complexity index is 659. The van der Waals surface area contributed by atoms with Crippen LogP contribution in [0, 0.1) is 11.3 Å². The Morgan fingerprint density at radius 1 is 1.07 bits per heavy atom. The highest BCUT2D eigenvalue weighted by molar-refractivity contribution is 6.33. The van der Waals surface area contributed by atoms with E-state index in [0.29, 0.717) is 17.1 Å². The van der Waals surface area contributed by atoms with Crippen LogP contribution in [0.4, 0.5) is 5.69 Å². The van der Waals surface area contributed by atoms with Crippen LogP contribution in [0.2, 0.25) is 5.02 Å². The van der Waals surface area contributed by atoms with Crippen LogP contribution in [-0.2, 0) is 23.9 Å². The van der Waals surface area contributed by atoms with Gasteiger partial charge in [-0.15, -0.1) is 0 Å². The number of ether oxygens (including phenoxy) is 2. The summed E-state index contributed by atoms with van der Waals surface area (Å²) in [5.74, 6) is -2.23. The summed E-state index contributed by atoms with van der Waals surface area (Å²) in [5, 5.41) is 3.15. The molecule has 0 unspecified atom stereocenters. The first-order chi connectivity index (χ1) is 13.3. The Hall–Kier alpha value is -2.08. The van der Waals surface area contributed by atoms with Crippen LogP contribution in [0.5, 0.6) is 0 Å².